The molecule has 6 nitrogen and oxygen atoms in total. The molecule has 0 aliphatic rings. The van der Waals surface area contributed by atoms with E-state index in [1.54, 1.807) is 18.2 Å². The van der Waals surface area contributed by atoms with E-state index in [9.17, 15) is 4.79 Å². The lowest BCUT2D eigenvalue weighted by molar-refractivity contribution is -0.113. The van der Waals surface area contributed by atoms with Crippen LogP contribution in [-0.2, 0) is 4.79 Å². The largest absolute Gasteiger partial charge is 0.495 e. The zero-order valence-electron chi connectivity index (χ0n) is 14.2. The Morgan fingerprint density at radius 3 is 2.93 bits per heavy atom. The maximum atomic E-state index is 12.3. The summed E-state index contributed by atoms with van der Waals surface area (Å²) >= 11 is 7.37. The zero-order chi connectivity index (χ0) is 18.8. The minimum atomic E-state index is -0.177. The molecule has 1 N–H and O–H groups in total. The Morgan fingerprint density at radius 2 is 2.11 bits per heavy atom. The van der Waals surface area contributed by atoms with Crippen molar-refractivity contribution in [3.63, 3.8) is 0 Å². The molecule has 0 fully saturated rings. The van der Waals surface area contributed by atoms with Crippen LogP contribution in [0.5, 0.6) is 5.75 Å². The quantitative estimate of drug-likeness (QED) is 0.385. The van der Waals surface area contributed by atoms with E-state index in [-0.39, 0.29) is 11.7 Å². The van der Waals surface area contributed by atoms with Gasteiger partial charge < -0.3 is 14.5 Å². The number of rotatable bonds is 5. The number of aromatic nitrogens is 2. The van der Waals surface area contributed by atoms with Gasteiger partial charge in [0.2, 0.25) is 5.91 Å². The maximum absolute atomic E-state index is 12.3. The number of methoxy groups -OCH3 is 1. The Kier molecular flexibility index (Phi) is 4.87. The molecule has 0 atom stereocenters. The van der Waals surface area contributed by atoms with Crippen LogP contribution in [-0.4, -0.2) is 28.7 Å². The summed E-state index contributed by atoms with van der Waals surface area (Å²) in [5.41, 5.74) is 2.67. The predicted molar refractivity (Wildman–Crippen MR) is 107 cm³/mol. The van der Waals surface area contributed by atoms with E-state index in [4.69, 9.17) is 20.8 Å². The summed E-state index contributed by atoms with van der Waals surface area (Å²) in [4.78, 5) is 20.8. The fraction of sp³-hybridized carbons (Fsp3) is 0.105. The molecule has 4 aromatic rings. The molecule has 0 bridgehead atoms. The third kappa shape index (κ3) is 3.56. The minimum Gasteiger partial charge on any atom is -0.495 e. The van der Waals surface area contributed by atoms with Crippen molar-refractivity contribution in [3.05, 3.63) is 53.8 Å². The Hall–Kier alpha value is -2.77. The van der Waals surface area contributed by atoms with Gasteiger partial charge in [0.1, 0.15) is 28.2 Å². The first-order chi connectivity index (χ1) is 13.2. The number of thioether (sulfide) groups is 1. The molecule has 8 heteroatoms. The molecule has 0 radical (unpaired) electrons. The van der Waals surface area contributed by atoms with Crippen LogP contribution in [0.4, 0.5) is 5.69 Å². The molecule has 2 aromatic heterocycles. The number of hydrogen-bond donors (Lipinski definition) is 1. The van der Waals surface area contributed by atoms with Gasteiger partial charge in [-0.15, -0.1) is 0 Å². The number of fused-ring (bicyclic) bond motifs is 3. The van der Waals surface area contributed by atoms with Crippen molar-refractivity contribution >= 4 is 57.0 Å². The Bertz CT molecular complexity index is 1150. The number of halogens is 1. The standard InChI is InChI=1S/C19H14ClN3O3S/c1-25-15-7-6-11(8-13(15)20)23-16(24)9-27-19-18-17(21-10-22-19)12-4-2-3-5-14(12)26-18/h2-8,10H,9H2,1H3,(H,23,24). The zero-order valence-corrected chi connectivity index (χ0v) is 15.8. The average Bonchev–Trinajstić information content (AvgIpc) is 3.06. The summed E-state index contributed by atoms with van der Waals surface area (Å²) in [6.07, 6.45) is 1.48. The molecule has 0 saturated carbocycles. The van der Waals surface area contributed by atoms with Gasteiger partial charge in [0.05, 0.1) is 17.9 Å². The van der Waals surface area contributed by atoms with Gasteiger partial charge in [-0.3, -0.25) is 4.79 Å². The van der Waals surface area contributed by atoms with Crippen molar-refractivity contribution in [2.24, 2.45) is 0 Å². The Balaban J connectivity index is 1.50. The second-order valence-corrected chi connectivity index (χ2v) is 7.01. The molecular formula is C19H14ClN3O3S. The number of carbonyl (C=O) groups is 1. The van der Waals surface area contributed by atoms with E-state index in [1.807, 2.05) is 24.3 Å². The van der Waals surface area contributed by atoms with E-state index < -0.39 is 0 Å². The highest BCUT2D eigenvalue weighted by atomic mass is 35.5. The summed E-state index contributed by atoms with van der Waals surface area (Å²) in [5.74, 6) is 0.550. The molecule has 0 unspecified atom stereocenters. The van der Waals surface area contributed by atoms with Crippen LogP contribution >= 0.6 is 23.4 Å². The second-order valence-electron chi connectivity index (χ2n) is 5.64. The van der Waals surface area contributed by atoms with Crippen molar-refractivity contribution in [2.45, 2.75) is 5.03 Å². The van der Waals surface area contributed by atoms with Gasteiger partial charge in [0.25, 0.3) is 0 Å². The molecule has 27 heavy (non-hydrogen) atoms. The third-order valence-electron chi connectivity index (χ3n) is 3.90. The Labute approximate surface area is 163 Å². The smallest absolute Gasteiger partial charge is 0.234 e. The monoisotopic (exact) mass is 399 g/mol. The molecule has 136 valence electrons. The highest BCUT2D eigenvalue weighted by molar-refractivity contribution is 8.00. The molecule has 0 spiro atoms. The van der Waals surface area contributed by atoms with Crippen LogP contribution in [0.2, 0.25) is 5.02 Å². The molecule has 4 rings (SSSR count). The first kappa shape index (κ1) is 17.6. The summed E-state index contributed by atoms with van der Waals surface area (Å²) in [5, 5.41) is 4.79. The van der Waals surface area contributed by atoms with Crippen molar-refractivity contribution < 1.29 is 13.9 Å². The number of benzene rings is 2. The van der Waals surface area contributed by atoms with Gasteiger partial charge in [0.15, 0.2) is 5.58 Å². The average molecular weight is 400 g/mol. The summed E-state index contributed by atoms with van der Waals surface area (Å²) in [6, 6.07) is 12.7. The summed E-state index contributed by atoms with van der Waals surface area (Å²) in [6.45, 7) is 0. The van der Waals surface area contributed by atoms with Crippen LogP contribution in [0.3, 0.4) is 0 Å². The van der Waals surface area contributed by atoms with Crippen molar-refractivity contribution in [1.82, 2.24) is 9.97 Å². The van der Waals surface area contributed by atoms with Crippen molar-refractivity contribution in [3.8, 4) is 5.75 Å². The normalized spacial score (nSPS) is 11.0. The number of nitrogens with zero attached hydrogens (tertiary/aromatic N) is 2. The van der Waals surface area contributed by atoms with Crippen molar-refractivity contribution in [2.75, 3.05) is 18.2 Å². The lowest BCUT2D eigenvalue weighted by atomic mass is 10.2. The Morgan fingerprint density at radius 1 is 1.26 bits per heavy atom. The molecule has 2 aromatic carbocycles. The van der Waals surface area contributed by atoms with E-state index in [0.717, 1.165) is 16.5 Å². The van der Waals surface area contributed by atoms with Crippen LogP contribution in [0.25, 0.3) is 22.1 Å². The summed E-state index contributed by atoms with van der Waals surface area (Å²) < 4.78 is 11.0. The fourth-order valence-electron chi connectivity index (χ4n) is 2.68. The fourth-order valence-corrected chi connectivity index (χ4v) is 3.67. The van der Waals surface area contributed by atoms with E-state index in [2.05, 4.69) is 15.3 Å². The van der Waals surface area contributed by atoms with Crippen LogP contribution in [0.1, 0.15) is 0 Å². The SMILES string of the molecule is COc1ccc(NC(=O)CSc2ncnc3c2oc2ccccc23)cc1Cl. The second kappa shape index (κ2) is 7.46. The van der Waals surface area contributed by atoms with Gasteiger partial charge in [-0.05, 0) is 30.3 Å². The number of hydrogen-bond acceptors (Lipinski definition) is 6. The number of carbonyl (C=O) groups excluding carboxylic acids is 1. The van der Waals surface area contributed by atoms with Crippen LogP contribution < -0.4 is 10.1 Å². The van der Waals surface area contributed by atoms with Crippen LogP contribution in [0, 0.1) is 0 Å². The number of para-hydroxylation sites is 1. The van der Waals surface area contributed by atoms with Gasteiger partial charge in [-0.25, -0.2) is 9.97 Å². The van der Waals surface area contributed by atoms with Gasteiger partial charge >= 0.3 is 0 Å². The van der Waals surface area contributed by atoms with E-state index in [0.29, 0.717) is 27.1 Å². The number of nitrogens with one attached hydrogen (secondary N) is 1. The highest BCUT2D eigenvalue weighted by Crippen LogP contribution is 2.32. The molecule has 0 aliphatic carbocycles. The molecule has 0 aliphatic heterocycles. The van der Waals surface area contributed by atoms with Crippen molar-refractivity contribution in [1.29, 1.82) is 0 Å². The molecule has 2 heterocycles. The number of anilines is 1. The molecular weight excluding hydrogens is 386 g/mol. The first-order valence-electron chi connectivity index (χ1n) is 8.04. The highest BCUT2D eigenvalue weighted by Gasteiger charge is 2.14. The molecule has 0 saturated heterocycles. The van der Waals surface area contributed by atoms with Gasteiger partial charge in [-0.2, -0.15) is 0 Å². The van der Waals surface area contributed by atoms with Gasteiger partial charge in [0, 0.05) is 11.1 Å². The topological polar surface area (TPSA) is 77.2 Å². The van der Waals surface area contributed by atoms with E-state index in [1.165, 1.54) is 25.2 Å². The summed E-state index contributed by atoms with van der Waals surface area (Å²) in [7, 11) is 1.54. The van der Waals surface area contributed by atoms with Crippen LogP contribution in [0.15, 0.2) is 58.2 Å². The predicted octanol–water partition coefficient (Wildman–Crippen LogP) is 4.77. The van der Waals surface area contributed by atoms with E-state index >= 15 is 0 Å². The van der Waals surface area contributed by atoms with Gasteiger partial charge in [-0.1, -0.05) is 35.5 Å². The first-order valence-corrected chi connectivity index (χ1v) is 9.40. The third-order valence-corrected chi connectivity index (χ3v) is 5.17. The number of ether oxygens (including phenoxy) is 1. The number of amides is 1. The maximum Gasteiger partial charge on any atom is 0.234 e. The lowest BCUT2D eigenvalue weighted by Crippen LogP contribution is -2.14. The number of furan rings is 1. The lowest BCUT2D eigenvalue weighted by Gasteiger charge is -2.08. The molecule has 1 amide bonds. The minimum absolute atomic E-state index is 0.173.